The smallest absolute Gasteiger partial charge is 0.276 e. The number of benzene rings is 2. The fraction of sp³-hybridized carbons (Fsp3) is 0.269. The molecule has 0 aliphatic carbocycles. The molecule has 0 bridgehead atoms. The highest BCUT2D eigenvalue weighted by Crippen LogP contribution is 2.35. The number of halogens is 1. The molecular weight excluding hydrogens is 514 g/mol. The number of methoxy groups -OCH3 is 1. The second-order valence-electron chi connectivity index (χ2n) is 8.42. The van der Waals surface area contributed by atoms with Gasteiger partial charge in [-0.15, -0.1) is 0 Å². The maximum atomic E-state index is 13.5. The summed E-state index contributed by atoms with van der Waals surface area (Å²) in [6.07, 6.45) is 0. The Kier molecular flexibility index (Phi) is 7.54. The quantitative estimate of drug-likeness (QED) is 0.338. The molecule has 0 aliphatic rings. The number of ether oxygens (including phenoxy) is 1. The van der Waals surface area contributed by atoms with Gasteiger partial charge < -0.3 is 10.1 Å². The molecule has 0 atom stereocenters. The van der Waals surface area contributed by atoms with Gasteiger partial charge in [0, 0.05) is 35.2 Å². The van der Waals surface area contributed by atoms with Gasteiger partial charge >= 0.3 is 0 Å². The van der Waals surface area contributed by atoms with Crippen molar-refractivity contribution in [3.05, 3.63) is 70.6 Å². The molecule has 0 aliphatic heterocycles. The molecule has 1 N–H and O–H groups in total. The SMILES string of the molecule is CCN(CC)S(=O)(=O)c1cc(-c2c(C(=O)Nc3cccc(Cl)c3)nn3c(C)cc(C)nc23)ccc1OC. The minimum Gasteiger partial charge on any atom is -0.495 e. The van der Waals surface area contributed by atoms with Crippen LogP contribution in [0.1, 0.15) is 35.7 Å². The van der Waals surface area contributed by atoms with Crippen LogP contribution in [-0.2, 0) is 10.0 Å². The standard InChI is InChI=1S/C26H28ClN5O4S/c1-6-31(7-2)37(34,35)22-14-18(11-12-21(22)36-5)23-24(26(33)29-20-10-8-9-19(27)15-20)30-32-17(4)13-16(3)28-25(23)32/h8-15H,6-7H2,1-5H3,(H,29,33). The maximum absolute atomic E-state index is 13.5. The molecule has 0 saturated carbocycles. The molecule has 194 valence electrons. The molecule has 11 heteroatoms. The van der Waals surface area contributed by atoms with Gasteiger partial charge in [-0.05, 0) is 55.8 Å². The zero-order valence-electron chi connectivity index (χ0n) is 21.2. The fourth-order valence-corrected chi connectivity index (χ4v) is 6.07. The van der Waals surface area contributed by atoms with Gasteiger partial charge in [0.05, 0.1) is 12.7 Å². The summed E-state index contributed by atoms with van der Waals surface area (Å²) in [5.74, 6) is -0.277. The Hall–Kier alpha value is -3.47. The van der Waals surface area contributed by atoms with Crippen LogP contribution in [-0.4, -0.2) is 53.4 Å². The lowest BCUT2D eigenvalue weighted by Crippen LogP contribution is -2.30. The number of aromatic nitrogens is 3. The van der Waals surface area contributed by atoms with E-state index in [1.165, 1.54) is 17.5 Å². The molecular formula is C26H28ClN5O4S. The number of nitrogens with zero attached hydrogens (tertiary/aromatic N) is 4. The fourth-order valence-electron chi connectivity index (χ4n) is 4.24. The van der Waals surface area contributed by atoms with Crippen molar-refractivity contribution >= 4 is 38.9 Å². The number of hydrogen-bond acceptors (Lipinski definition) is 6. The number of aryl methyl sites for hydroxylation is 2. The van der Waals surface area contributed by atoms with Gasteiger partial charge in [-0.2, -0.15) is 9.40 Å². The molecule has 4 rings (SSSR count). The predicted molar refractivity (Wildman–Crippen MR) is 144 cm³/mol. The number of carbonyl (C=O) groups is 1. The number of hydrogen-bond donors (Lipinski definition) is 1. The summed E-state index contributed by atoms with van der Waals surface area (Å²) in [4.78, 5) is 18.1. The van der Waals surface area contributed by atoms with Gasteiger partial charge in [-0.1, -0.05) is 37.6 Å². The molecule has 2 heterocycles. The minimum absolute atomic E-state index is 0.00104. The van der Waals surface area contributed by atoms with Crippen LogP contribution in [0.25, 0.3) is 16.8 Å². The summed E-state index contributed by atoms with van der Waals surface area (Å²) >= 11 is 6.09. The summed E-state index contributed by atoms with van der Waals surface area (Å²) in [6, 6.07) is 13.4. The van der Waals surface area contributed by atoms with Crippen molar-refractivity contribution in [2.24, 2.45) is 0 Å². The monoisotopic (exact) mass is 541 g/mol. The first kappa shape index (κ1) is 26.6. The van der Waals surface area contributed by atoms with E-state index in [-0.39, 0.29) is 16.3 Å². The van der Waals surface area contributed by atoms with Crippen LogP contribution in [0.15, 0.2) is 53.4 Å². The van der Waals surface area contributed by atoms with Crippen molar-refractivity contribution in [3.63, 3.8) is 0 Å². The summed E-state index contributed by atoms with van der Waals surface area (Å²) in [7, 11) is -2.45. The van der Waals surface area contributed by atoms with E-state index in [0.717, 1.165) is 11.4 Å². The lowest BCUT2D eigenvalue weighted by Gasteiger charge is -2.20. The second kappa shape index (κ2) is 10.5. The third-order valence-corrected chi connectivity index (χ3v) is 8.27. The molecule has 2 aromatic heterocycles. The number of carbonyl (C=O) groups excluding carboxylic acids is 1. The van der Waals surface area contributed by atoms with Crippen molar-refractivity contribution in [1.82, 2.24) is 18.9 Å². The largest absolute Gasteiger partial charge is 0.495 e. The van der Waals surface area contributed by atoms with Gasteiger partial charge in [0.2, 0.25) is 10.0 Å². The van der Waals surface area contributed by atoms with E-state index >= 15 is 0 Å². The minimum atomic E-state index is -3.87. The topological polar surface area (TPSA) is 106 Å². The van der Waals surface area contributed by atoms with Crippen LogP contribution in [0.5, 0.6) is 5.75 Å². The van der Waals surface area contributed by atoms with E-state index in [1.54, 1.807) is 54.8 Å². The highest BCUT2D eigenvalue weighted by atomic mass is 35.5. The summed E-state index contributed by atoms with van der Waals surface area (Å²) < 4.78 is 35.3. The Morgan fingerprint density at radius 2 is 1.84 bits per heavy atom. The molecule has 1 amide bonds. The van der Waals surface area contributed by atoms with Crippen LogP contribution < -0.4 is 10.1 Å². The highest BCUT2D eigenvalue weighted by Gasteiger charge is 2.29. The van der Waals surface area contributed by atoms with E-state index in [0.29, 0.717) is 40.6 Å². The van der Waals surface area contributed by atoms with Crippen molar-refractivity contribution in [1.29, 1.82) is 0 Å². The Morgan fingerprint density at radius 3 is 2.49 bits per heavy atom. The molecule has 9 nitrogen and oxygen atoms in total. The van der Waals surface area contributed by atoms with Crippen LogP contribution in [0.2, 0.25) is 5.02 Å². The highest BCUT2D eigenvalue weighted by molar-refractivity contribution is 7.89. The zero-order chi connectivity index (χ0) is 26.9. The summed E-state index contributed by atoms with van der Waals surface area (Å²) in [5.41, 5.74) is 3.41. The third kappa shape index (κ3) is 5.04. The van der Waals surface area contributed by atoms with Crippen molar-refractivity contribution in [3.8, 4) is 16.9 Å². The average molecular weight is 542 g/mol. The number of amides is 1. The number of nitrogens with one attached hydrogen (secondary N) is 1. The Labute approximate surface area is 221 Å². The van der Waals surface area contributed by atoms with E-state index < -0.39 is 15.9 Å². The van der Waals surface area contributed by atoms with E-state index in [1.807, 2.05) is 19.9 Å². The van der Waals surface area contributed by atoms with Gasteiger partial charge in [0.25, 0.3) is 5.91 Å². The molecule has 37 heavy (non-hydrogen) atoms. The first-order valence-electron chi connectivity index (χ1n) is 11.7. The molecule has 0 spiro atoms. The Bertz CT molecular complexity index is 1600. The van der Waals surface area contributed by atoms with E-state index in [4.69, 9.17) is 16.3 Å². The third-order valence-electron chi connectivity index (χ3n) is 5.97. The summed E-state index contributed by atoms with van der Waals surface area (Å²) in [5, 5.41) is 7.87. The van der Waals surface area contributed by atoms with Crippen molar-refractivity contribution in [2.75, 3.05) is 25.5 Å². The van der Waals surface area contributed by atoms with Gasteiger partial charge in [0.15, 0.2) is 11.3 Å². The molecule has 0 radical (unpaired) electrons. The van der Waals surface area contributed by atoms with Crippen molar-refractivity contribution in [2.45, 2.75) is 32.6 Å². The van der Waals surface area contributed by atoms with Crippen LogP contribution >= 0.6 is 11.6 Å². The lowest BCUT2D eigenvalue weighted by atomic mass is 10.0. The van der Waals surface area contributed by atoms with Gasteiger partial charge in [0.1, 0.15) is 10.6 Å². The van der Waals surface area contributed by atoms with Crippen LogP contribution in [0.4, 0.5) is 5.69 Å². The number of rotatable bonds is 8. The molecule has 0 unspecified atom stereocenters. The Morgan fingerprint density at radius 1 is 1.11 bits per heavy atom. The first-order valence-corrected chi connectivity index (χ1v) is 13.5. The van der Waals surface area contributed by atoms with Gasteiger partial charge in [-0.3, -0.25) is 4.79 Å². The first-order chi connectivity index (χ1) is 17.6. The van der Waals surface area contributed by atoms with E-state index in [9.17, 15) is 13.2 Å². The molecule has 2 aromatic carbocycles. The molecule has 0 saturated heterocycles. The normalized spacial score (nSPS) is 11.8. The zero-order valence-corrected chi connectivity index (χ0v) is 22.8. The summed E-state index contributed by atoms with van der Waals surface area (Å²) in [6.45, 7) is 7.86. The van der Waals surface area contributed by atoms with E-state index in [2.05, 4.69) is 15.4 Å². The Balaban J connectivity index is 1.96. The molecule has 0 fully saturated rings. The maximum Gasteiger partial charge on any atom is 0.276 e. The number of anilines is 1. The predicted octanol–water partition coefficient (Wildman–Crippen LogP) is 4.96. The number of sulfonamides is 1. The van der Waals surface area contributed by atoms with Crippen LogP contribution in [0, 0.1) is 13.8 Å². The lowest BCUT2D eigenvalue weighted by molar-refractivity contribution is 0.102. The molecule has 4 aromatic rings. The van der Waals surface area contributed by atoms with Gasteiger partial charge in [-0.25, -0.2) is 17.9 Å². The van der Waals surface area contributed by atoms with Crippen LogP contribution in [0.3, 0.4) is 0 Å². The average Bonchev–Trinajstić information content (AvgIpc) is 3.24. The number of fused-ring (bicyclic) bond motifs is 1. The van der Waals surface area contributed by atoms with Crippen molar-refractivity contribution < 1.29 is 17.9 Å². The second-order valence-corrected chi connectivity index (χ2v) is 10.8.